The molecule has 10 nitrogen and oxygen atoms in total. The molecule has 0 aliphatic carbocycles. The number of benzene rings is 1. The Labute approximate surface area is 180 Å². The van der Waals surface area contributed by atoms with Gasteiger partial charge in [-0.1, -0.05) is 11.8 Å². The van der Waals surface area contributed by atoms with Crippen molar-refractivity contribution in [2.45, 2.75) is 23.0 Å². The average Bonchev–Trinajstić information content (AvgIpc) is 3.21. The maximum atomic E-state index is 12.6. The quantitative estimate of drug-likeness (QED) is 0.418. The molecule has 1 aliphatic heterocycles. The van der Waals surface area contributed by atoms with Crippen LogP contribution in [0.3, 0.4) is 0 Å². The van der Waals surface area contributed by atoms with Crippen LogP contribution in [-0.4, -0.2) is 79.2 Å². The highest BCUT2D eigenvalue weighted by Gasteiger charge is 2.26. The van der Waals surface area contributed by atoms with Crippen molar-refractivity contribution in [3.63, 3.8) is 0 Å². The normalized spacial score (nSPS) is 15.2. The first-order chi connectivity index (χ1) is 14.5. The van der Waals surface area contributed by atoms with Crippen LogP contribution < -0.4 is 5.32 Å². The highest BCUT2D eigenvalue weighted by atomic mass is 32.2. The second kappa shape index (κ2) is 10.9. The minimum Gasteiger partial charge on any atom is -0.385 e. The van der Waals surface area contributed by atoms with Crippen LogP contribution in [-0.2, 0) is 30.8 Å². The monoisotopic (exact) mass is 455 g/mol. The number of ether oxygens (including phenoxy) is 2. The van der Waals surface area contributed by atoms with Gasteiger partial charge in [0.1, 0.15) is 6.33 Å². The molecule has 1 aromatic heterocycles. The van der Waals surface area contributed by atoms with Gasteiger partial charge in [-0.05, 0) is 30.7 Å². The molecule has 1 aromatic carbocycles. The highest BCUT2D eigenvalue weighted by Crippen LogP contribution is 2.20. The van der Waals surface area contributed by atoms with Gasteiger partial charge in [-0.25, -0.2) is 8.42 Å². The van der Waals surface area contributed by atoms with E-state index < -0.39 is 10.0 Å². The van der Waals surface area contributed by atoms with E-state index in [2.05, 4.69) is 15.5 Å². The van der Waals surface area contributed by atoms with Gasteiger partial charge in [0.2, 0.25) is 15.9 Å². The second-order valence-electron chi connectivity index (χ2n) is 6.53. The summed E-state index contributed by atoms with van der Waals surface area (Å²) in [6.07, 6.45) is 2.46. The molecule has 2 aromatic rings. The Kier molecular flexibility index (Phi) is 8.22. The number of nitrogens with one attached hydrogen (secondary N) is 1. The number of rotatable bonds is 10. The van der Waals surface area contributed by atoms with Crippen molar-refractivity contribution in [3.05, 3.63) is 30.6 Å². The van der Waals surface area contributed by atoms with Crippen LogP contribution in [0.15, 0.2) is 40.6 Å². The molecule has 0 bridgehead atoms. The topological polar surface area (TPSA) is 116 Å². The van der Waals surface area contributed by atoms with Gasteiger partial charge >= 0.3 is 0 Å². The summed E-state index contributed by atoms with van der Waals surface area (Å²) in [4.78, 5) is 12.5. The van der Waals surface area contributed by atoms with Crippen molar-refractivity contribution in [2.75, 3.05) is 51.1 Å². The zero-order chi connectivity index (χ0) is 21.4. The number of hydrogen-bond acceptors (Lipinski definition) is 8. The van der Waals surface area contributed by atoms with E-state index in [1.54, 1.807) is 25.6 Å². The molecule has 0 spiro atoms. The van der Waals surface area contributed by atoms with E-state index in [-0.39, 0.29) is 16.6 Å². The Bertz CT molecular complexity index is 927. The van der Waals surface area contributed by atoms with Crippen molar-refractivity contribution >= 4 is 33.4 Å². The molecule has 30 heavy (non-hydrogen) atoms. The number of thioether (sulfide) groups is 1. The van der Waals surface area contributed by atoms with Gasteiger partial charge in [-0.3, -0.25) is 4.79 Å². The van der Waals surface area contributed by atoms with E-state index in [0.29, 0.717) is 50.3 Å². The number of hydrogen-bond donors (Lipinski definition) is 1. The number of aromatic nitrogens is 3. The summed E-state index contributed by atoms with van der Waals surface area (Å²) >= 11 is 1.29. The minimum atomic E-state index is -3.55. The lowest BCUT2D eigenvalue weighted by molar-refractivity contribution is -0.113. The van der Waals surface area contributed by atoms with Gasteiger partial charge in [-0.2, -0.15) is 4.31 Å². The first-order valence-corrected chi connectivity index (χ1v) is 11.9. The molecule has 0 atom stereocenters. The summed E-state index contributed by atoms with van der Waals surface area (Å²) in [6, 6.07) is 6.17. The fourth-order valence-electron chi connectivity index (χ4n) is 2.86. The maximum Gasteiger partial charge on any atom is 0.243 e. The van der Waals surface area contributed by atoms with Gasteiger partial charge < -0.3 is 19.4 Å². The number of amides is 1. The second-order valence-corrected chi connectivity index (χ2v) is 9.41. The summed E-state index contributed by atoms with van der Waals surface area (Å²) in [5, 5.41) is 11.3. The predicted molar refractivity (Wildman–Crippen MR) is 112 cm³/mol. The molecule has 0 unspecified atom stereocenters. The SMILES string of the molecule is COCCCn1cnnc1SCC(=O)Nc1ccc(S(=O)(=O)N2CCOCC2)cc1. The van der Waals surface area contributed by atoms with Crippen LogP contribution in [0.2, 0.25) is 0 Å². The summed E-state index contributed by atoms with van der Waals surface area (Å²) in [5.41, 5.74) is 0.531. The van der Waals surface area contributed by atoms with E-state index in [1.807, 2.05) is 4.57 Å². The van der Waals surface area contributed by atoms with Crippen molar-refractivity contribution in [1.29, 1.82) is 0 Å². The largest absolute Gasteiger partial charge is 0.385 e. The van der Waals surface area contributed by atoms with Crippen LogP contribution in [0.25, 0.3) is 0 Å². The lowest BCUT2D eigenvalue weighted by atomic mass is 10.3. The van der Waals surface area contributed by atoms with E-state index in [0.717, 1.165) is 6.42 Å². The van der Waals surface area contributed by atoms with Crippen LogP contribution in [0, 0.1) is 0 Å². The number of carbonyl (C=O) groups excluding carboxylic acids is 1. The van der Waals surface area contributed by atoms with Gasteiger partial charge in [0.25, 0.3) is 0 Å². The Balaban J connectivity index is 1.52. The highest BCUT2D eigenvalue weighted by molar-refractivity contribution is 7.99. The molecule has 1 saturated heterocycles. The molecular formula is C18H25N5O5S2. The zero-order valence-corrected chi connectivity index (χ0v) is 18.3. The number of aryl methyl sites for hydroxylation is 1. The smallest absolute Gasteiger partial charge is 0.243 e. The van der Waals surface area contributed by atoms with Gasteiger partial charge in [0.05, 0.1) is 23.9 Å². The Morgan fingerprint density at radius 1 is 1.27 bits per heavy atom. The predicted octanol–water partition coefficient (Wildman–Crippen LogP) is 1.07. The van der Waals surface area contributed by atoms with Crippen LogP contribution >= 0.6 is 11.8 Å². The maximum absolute atomic E-state index is 12.6. The molecule has 0 radical (unpaired) electrons. The first-order valence-electron chi connectivity index (χ1n) is 9.48. The van der Waals surface area contributed by atoms with Gasteiger partial charge in [-0.15, -0.1) is 10.2 Å². The average molecular weight is 456 g/mol. The molecule has 3 rings (SSSR count). The molecule has 2 heterocycles. The van der Waals surface area contributed by atoms with E-state index in [4.69, 9.17) is 9.47 Å². The molecule has 1 amide bonds. The van der Waals surface area contributed by atoms with Crippen molar-refractivity contribution < 1.29 is 22.7 Å². The number of sulfonamides is 1. The third-order valence-electron chi connectivity index (χ3n) is 4.41. The summed E-state index contributed by atoms with van der Waals surface area (Å²) in [6.45, 7) is 2.82. The zero-order valence-electron chi connectivity index (χ0n) is 16.7. The summed E-state index contributed by atoms with van der Waals surface area (Å²) in [7, 11) is -1.90. The Morgan fingerprint density at radius 3 is 2.70 bits per heavy atom. The lowest BCUT2D eigenvalue weighted by Gasteiger charge is -2.26. The van der Waals surface area contributed by atoms with Crippen LogP contribution in [0.4, 0.5) is 5.69 Å². The Morgan fingerprint density at radius 2 is 2.00 bits per heavy atom. The van der Waals surface area contributed by atoms with Crippen molar-refractivity contribution in [3.8, 4) is 0 Å². The van der Waals surface area contributed by atoms with Crippen molar-refractivity contribution in [1.82, 2.24) is 19.1 Å². The fraction of sp³-hybridized carbons (Fsp3) is 0.500. The van der Waals surface area contributed by atoms with Gasteiger partial charge in [0.15, 0.2) is 5.16 Å². The first kappa shape index (κ1) is 22.7. The minimum absolute atomic E-state index is 0.163. The molecule has 1 fully saturated rings. The standard InChI is InChI=1S/C18H25N5O5S2/c1-27-10-2-7-22-14-19-21-18(22)29-13-17(24)20-15-3-5-16(6-4-15)30(25,26)23-8-11-28-12-9-23/h3-6,14H,2,7-13H2,1H3,(H,20,24). The van der Waals surface area contributed by atoms with Crippen molar-refractivity contribution in [2.24, 2.45) is 0 Å². The molecule has 0 saturated carbocycles. The molecule has 164 valence electrons. The third kappa shape index (κ3) is 6.01. The number of nitrogens with zero attached hydrogens (tertiary/aromatic N) is 4. The number of anilines is 1. The van der Waals surface area contributed by atoms with E-state index >= 15 is 0 Å². The fourth-order valence-corrected chi connectivity index (χ4v) is 5.01. The number of morpholine rings is 1. The third-order valence-corrected chi connectivity index (χ3v) is 7.30. The molecule has 1 N–H and O–H groups in total. The van der Waals surface area contributed by atoms with E-state index in [9.17, 15) is 13.2 Å². The van der Waals surface area contributed by atoms with E-state index in [1.165, 1.54) is 28.2 Å². The molecule has 12 heteroatoms. The van der Waals surface area contributed by atoms with Crippen LogP contribution in [0.1, 0.15) is 6.42 Å². The van der Waals surface area contributed by atoms with Crippen LogP contribution in [0.5, 0.6) is 0 Å². The summed E-state index contributed by atoms with van der Waals surface area (Å²) < 4.78 is 38.8. The number of carbonyl (C=O) groups is 1. The Hall–Kier alpha value is -1.99. The molecular weight excluding hydrogens is 430 g/mol. The summed E-state index contributed by atoms with van der Waals surface area (Å²) in [5.74, 6) is -0.0493. The lowest BCUT2D eigenvalue weighted by Crippen LogP contribution is -2.40. The molecule has 1 aliphatic rings. The van der Waals surface area contributed by atoms with Gasteiger partial charge in [0, 0.05) is 39.0 Å². The number of methoxy groups -OCH3 is 1.